The van der Waals surface area contributed by atoms with Gasteiger partial charge in [0.2, 0.25) is 11.8 Å². The van der Waals surface area contributed by atoms with Crippen LogP contribution in [0.3, 0.4) is 0 Å². The lowest BCUT2D eigenvalue weighted by Gasteiger charge is -2.19. The monoisotopic (exact) mass is 306 g/mol. The van der Waals surface area contributed by atoms with E-state index in [4.69, 9.17) is 4.74 Å². The van der Waals surface area contributed by atoms with Crippen LogP contribution >= 0.6 is 0 Å². The van der Waals surface area contributed by atoms with E-state index in [2.05, 4.69) is 5.32 Å². The van der Waals surface area contributed by atoms with E-state index in [0.717, 1.165) is 17.7 Å². The van der Waals surface area contributed by atoms with E-state index >= 15 is 0 Å². The van der Waals surface area contributed by atoms with E-state index in [9.17, 15) is 19.5 Å². The van der Waals surface area contributed by atoms with Crippen LogP contribution in [0.25, 0.3) is 0 Å². The summed E-state index contributed by atoms with van der Waals surface area (Å²) in [5.74, 6) is -1.20. The quantitative estimate of drug-likeness (QED) is 0.818. The Morgan fingerprint density at radius 1 is 1.41 bits per heavy atom. The van der Waals surface area contributed by atoms with E-state index in [0.29, 0.717) is 12.2 Å². The van der Waals surface area contributed by atoms with E-state index in [1.807, 2.05) is 0 Å². The number of carboxylic acids is 1. The van der Waals surface area contributed by atoms with Crippen molar-refractivity contribution >= 4 is 17.8 Å². The first-order valence-corrected chi connectivity index (χ1v) is 6.88. The molecule has 7 nitrogen and oxygen atoms in total. The highest BCUT2D eigenvalue weighted by atomic mass is 16.5. The van der Waals surface area contributed by atoms with Crippen molar-refractivity contribution in [2.75, 3.05) is 20.2 Å². The van der Waals surface area contributed by atoms with Crippen molar-refractivity contribution in [1.82, 2.24) is 10.2 Å². The highest BCUT2D eigenvalue weighted by Crippen LogP contribution is 2.28. The van der Waals surface area contributed by atoms with Gasteiger partial charge in [0, 0.05) is 20.4 Å². The molecule has 1 heterocycles. The molecule has 0 bridgehead atoms. The Bertz CT molecular complexity index is 614. The van der Waals surface area contributed by atoms with Crippen LogP contribution < -0.4 is 10.1 Å². The number of hydrogen-bond donors (Lipinski definition) is 2. The molecular formula is C15H18N2O5. The largest absolute Gasteiger partial charge is 0.493 e. The zero-order valence-corrected chi connectivity index (χ0v) is 12.5. The van der Waals surface area contributed by atoms with Crippen molar-refractivity contribution in [2.45, 2.75) is 19.4 Å². The fourth-order valence-corrected chi connectivity index (χ4v) is 2.21. The SMILES string of the molecule is CC(=O)N(C)CC(=O)NC(C(=O)O)c1ccc2c(c1)CCO2. The molecular weight excluding hydrogens is 288 g/mol. The lowest BCUT2D eigenvalue weighted by atomic mass is 10.0. The molecule has 22 heavy (non-hydrogen) atoms. The standard InChI is InChI=1S/C15H18N2O5/c1-9(18)17(2)8-13(19)16-14(15(20)21)11-3-4-12-10(7-11)5-6-22-12/h3-4,7,14H,5-6,8H2,1-2H3,(H,16,19)(H,20,21). The number of benzene rings is 1. The number of likely N-dealkylation sites (N-methyl/N-ethyl adjacent to an activating group) is 1. The second-order valence-corrected chi connectivity index (χ2v) is 5.18. The normalized spacial score (nSPS) is 13.7. The lowest BCUT2D eigenvalue weighted by Crippen LogP contribution is -2.41. The van der Waals surface area contributed by atoms with Gasteiger partial charge in [-0.25, -0.2) is 4.79 Å². The molecule has 2 amide bonds. The van der Waals surface area contributed by atoms with E-state index in [1.165, 1.54) is 18.9 Å². The molecule has 1 aromatic rings. The molecule has 0 aliphatic carbocycles. The van der Waals surface area contributed by atoms with E-state index < -0.39 is 17.9 Å². The van der Waals surface area contributed by atoms with Gasteiger partial charge in [0.15, 0.2) is 6.04 Å². The number of carbonyl (C=O) groups excluding carboxylic acids is 2. The summed E-state index contributed by atoms with van der Waals surface area (Å²) in [5.41, 5.74) is 1.41. The zero-order chi connectivity index (χ0) is 16.3. The molecule has 0 radical (unpaired) electrons. The molecule has 1 aromatic carbocycles. The molecule has 0 fully saturated rings. The number of carbonyl (C=O) groups is 3. The van der Waals surface area contributed by atoms with Crippen LogP contribution in [0.4, 0.5) is 0 Å². The summed E-state index contributed by atoms with van der Waals surface area (Å²) in [4.78, 5) is 35.6. The van der Waals surface area contributed by atoms with Gasteiger partial charge >= 0.3 is 5.97 Å². The molecule has 0 spiro atoms. The number of fused-ring (bicyclic) bond motifs is 1. The molecule has 7 heteroatoms. The number of rotatable bonds is 5. The molecule has 0 aromatic heterocycles. The second-order valence-electron chi connectivity index (χ2n) is 5.18. The average molecular weight is 306 g/mol. The summed E-state index contributed by atoms with van der Waals surface area (Å²) in [6.45, 7) is 1.72. The Labute approximate surface area is 127 Å². The maximum Gasteiger partial charge on any atom is 0.330 e. The highest BCUT2D eigenvalue weighted by molar-refractivity contribution is 5.88. The van der Waals surface area contributed by atoms with Crippen molar-refractivity contribution in [3.63, 3.8) is 0 Å². The van der Waals surface area contributed by atoms with Gasteiger partial charge in [0.1, 0.15) is 5.75 Å². The number of amides is 2. The third kappa shape index (κ3) is 3.55. The second kappa shape index (κ2) is 6.46. The van der Waals surface area contributed by atoms with E-state index in [1.54, 1.807) is 18.2 Å². The minimum absolute atomic E-state index is 0.187. The van der Waals surface area contributed by atoms with Crippen LogP contribution in [0.15, 0.2) is 18.2 Å². The van der Waals surface area contributed by atoms with Crippen LogP contribution in [-0.2, 0) is 20.8 Å². The van der Waals surface area contributed by atoms with Gasteiger partial charge in [-0.1, -0.05) is 6.07 Å². The minimum atomic E-state index is -1.15. The predicted molar refractivity (Wildman–Crippen MR) is 77.5 cm³/mol. The Hall–Kier alpha value is -2.57. The third-order valence-electron chi connectivity index (χ3n) is 3.52. The first-order valence-electron chi connectivity index (χ1n) is 6.88. The van der Waals surface area contributed by atoms with Gasteiger partial charge in [-0.3, -0.25) is 9.59 Å². The predicted octanol–water partition coefficient (Wildman–Crippen LogP) is 0.342. The number of hydrogen-bond acceptors (Lipinski definition) is 4. The van der Waals surface area contributed by atoms with Crippen LogP contribution in [0.1, 0.15) is 24.1 Å². The first-order chi connectivity index (χ1) is 10.4. The molecule has 1 aliphatic rings. The molecule has 118 valence electrons. The van der Waals surface area contributed by atoms with Crippen molar-refractivity contribution in [3.8, 4) is 5.75 Å². The fourth-order valence-electron chi connectivity index (χ4n) is 2.21. The molecule has 2 rings (SSSR count). The Balaban J connectivity index is 2.12. The maximum absolute atomic E-state index is 11.9. The number of nitrogens with zero attached hydrogens (tertiary/aromatic N) is 1. The number of carboxylic acid groups (broad SMARTS) is 1. The molecule has 0 saturated heterocycles. The summed E-state index contributed by atoms with van der Waals surface area (Å²) in [6, 6.07) is 3.91. The van der Waals surface area contributed by atoms with Gasteiger partial charge in [0.25, 0.3) is 0 Å². The van der Waals surface area contributed by atoms with Gasteiger partial charge in [-0.05, 0) is 23.3 Å². The summed E-state index contributed by atoms with van der Waals surface area (Å²) in [6.07, 6.45) is 0.719. The smallest absolute Gasteiger partial charge is 0.330 e. The van der Waals surface area contributed by atoms with Gasteiger partial charge < -0.3 is 20.1 Å². The Kier molecular flexibility index (Phi) is 4.65. The molecule has 1 atom stereocenters. The van der Waals surface area contributed by atoms with Gasteiger partial charge in [-0.15, -0.1) is 0 Å². The molecule has 1 unspecified atom stereocenters. The topological polar surface area (TPSA) is 95.9 Å². The van der Waals surface area contributed by atoms with Crippen LogP contribution in [0.5, 0.6) is 5.75 Å². The Morgan fingerprint density at radius 3 is 2.77 bits per heavy atom. The van der Waals surface area contributed by atoms with E-state index in [-0.39, 0.29) is 12.5 Å². The number of aliphatic carboxylic acids is 1. The fraction of sp³-hybridized carbons (Fsp3) is 0.400. The average Bonchev–Trinajstić information content (AvgIpc) is 2.91. The van der Waals surface area contributed by atoms with Gasteiger partial charge in [-0.2, -0.15) is 0 Å². The van der Waals surface area contributed by atoms with Gasteiger partial charge in [0.05, 0.1) is 13.2 Å². The summed E-state index contributed by atoms with van der Waals surface area (Å²) < 4.78 is 5.37. The third-order valence-corrected chi connectivity index (χ3v) is 3.52. The van der Waals surface area contributed by atoms with Crippen molar-refractivity contribution in [3.05, 3.63) is 29.3 Å². The first kappa shape index (κ1) is 15.8. The molecule has 1 aliphatic heterocycles. The van der Waals surface area contributed by atoms with Crippen LogP contribution in [0, 0.1) is 0 Å². The van der Waals surface area contributed by atoms with Crippen molar-refractivity contribution < 1.29 is 24.2 Å². The number of nitrogens with one attached hydrogen (secondary N) is 1. The minimum Gasteiger partial charge on any atom is -0.493 e. The van der Waals surface area contributed by atoms with Crippen LogP contribution in [0.2, 0.25) is 0 Å². The van der Waals surface area contributed by atoms with Crippen molar-refractivity contribution in [2.24, 2.45) is 0 Å². The lowest BCUT2D eigenvalue weighted by molar-refractivity contribution is -0.142. The molecule has 2 N–H and O–H groups in total. The maximum atomic E-state index is 11.9. The number of ether oxygens (including phenoxy) is 1. The molecule has 0 saturated carbocycles. The zero-order valence-electron chi connectivity index (χ0n) is 12.5. The highest BCUT2D eigenvalue weighted by Gasteiger charge is 2.24. The van der Waals surface area contributed by atoms with Crippen LogP contribution in [-0.4, -0.2) is 48.0 Å². The Morgan fingerprint density at radius 2 is 2.14 bits per heavy atom. The summed E-state index contributed by atoms with van der Waals surface area (Å²) in [5, 5.41) is 11.8. The van der Waals surface area contributed by atoms with Crippen molar-refractivity contribution in [1.29, 1.82) is 0 Å². The summed E-state index contributed by atoms with van der Waals surface area (Å²) >= 11 is 0. The summed E-state index contributed by atoms with van der Waals surface area (Å²) in [7, 11) is 1.48.